The fraction of sp³-hybridized carbons (Fsp3) is 0.308. The Bertz CT molecular complexity index is 1240. The molecule has 33 heavy (non-hydrogen) atoms. The van der Waals surface area contributed by atoms with Gasteiger partial charge in [0.25, 0.3) is 0 Å². The maximum atomic E-state index is 6.52. The van der Waals surface area contributed by atoms with Crippen LogP contribution in [0, 0.1) is 6.92 Å². The van der Waals surface area contributed by atoms with Crippen molar-refractivity contribution in [3.05, 3.63) is 70.3 Å². The molecule has 0 bridgehead atoms. The van der Waals surface area contributed by atoms with Gasteiger partial charge in [-0.1, -0.05) is 54.7 Å². The van der Waals surface area contributed by atoms with E-state index in [2.05, 4.69) is 17.9 Å². The van der Waals surface area contributed by atoms with E-state index in [9.17, 15) is 0 Å². The van der Waals surface area contributed by atoms with E-state index >= 15 is 0 Å². The fourth-order valence-electron chi connectivity index (χ4n) is 3.98. The zero-order chi connectivity index (χ0) is 23.4. The Kier molecular flexibility index (Phi) is 7.41. The molecule has 0 saturated carbocycles. The average Bonchev–Trinajstić information content (AvgIpc) is 3.12. The third-order valence-corrected chi connectivity index (χ3v) is 6.13. The third-order valence-electron chi connectivity index (χ3n) is 5.58. The van der Waals surface area contributed by atoms with Gasteiger partial charge in [-0.25, -0.2) is 4.98 Å². The Morgan fingerprint density at radius 2 is 1.82 bits per heavy atom. The Labute approximate surface area is 204 Å². The number of fused-ring (bicyclic) bond motifs is 1. The summed E-state index contributed by atoms with van der Waals surface area (Å²) >= 11 is 12.6. The van der Waals surface area contributed by atoms with Crippen molar-refractivity contribution in [2.75, 3.05) is 24.6 Å². The van der Waals surface area contributed by atoms with Gasteiger partial charge in [-0.2, -0.15) is 5.10 Å². The predicted octanol–water partition coefficient (Wildman–Crippen LogP) is 6.94. The largest absolute Gasteiger partial charge is 0.492 e. The summed E-state index contributed by atoms with van der Waals surface area (Å²) in [5.41, 5.74) is 5.44. The molecule has 2 heterocycles. The van der Waals surface area contributed by atoms with Crippen molar-refractivity contribution in [3.63, 3.8) is 0 Å². The number of aromatic nitrogens is 3. The summed E-state index contributed by atoms with van der Waals surface area (Å²) in [6, 6.07) is 17.5. The van der Waals surface area contributed by atoms with Crippen molar-refractivity contribution in [2.24, 2.45) is 7.05 Å². The number of nitrogens with zero attached hydrogens (tertiary/aromatic N) is 4. The van der Waals surface area contributed by atoms with Gasteiger partial charge in [0, 0.05) is 29.9 Å². The van der Waals surface area contributed by atoms with E-state index in [4.69, 9.17) is 38.0 Å². The first-order chi connectivity index (χ1) is 16.0. The molecule has 4 rings (SSSR count). The van der Waals surface area contributed by atoms with Crippen LogP contribution in [-0.4, -0.2) is 34.5 Å². The van der Waals surface area contributed by atoms with Gasteiger partial charge in [0.15, 0.2) is 0 Å². The molecule has 0 aliphatic heterocycles. The van der Waals surface area contributed by atoms with Crippen LogP contribution in [0.3, 0.4) is 0 Å². The summed E-state index contributed by atoms with van der Waals surface area (Å²) < 4.78 is 7.90. The molecule has 0 radical (unpaired) electrons. The lowest BCUT2D eigenvalue weighted by Crippen LogP contribution is -2.30. The first-order valence-electron chi connectivity index (χ1n) is 11.2. The number of hydrogen-bond donors (Lipinski definition) is 0. The van der Waals surface area contributed by atoms with E-state index in [1.807, 2.05) is 61.1 Å². The molecule has 0 N–H and O–H groups in total. The van der Waals surface area contributed by atoms with Crippen LogP contribution in [0.1, 0.15) is 25.5 Å². The molecule has 172 valence electrons. The molecule has 2 aromatic carbocycles. The molecule has 0 atom stereocenters. The lowest BCUT2D eigenvalue weighted by molar-refractivity contribution is 0.323. The first kappa shape index (κ1) is 23.4. The maximum Gasteiger partial charge on any atom is 0.120 e. The highest BCUT2D eigenvalue weighted by atomic mass is 35.5. The van der Waals surface area contributed by atoms with Gasteiger partial charge in [0.05, 0.1) is 17.3 Å². The van der Waals surface area contributed by atoms with Gasteiger partial charge in [0.2, 0.25) is 0 Å². The lowest BCUT2D eigenvalue weighted by atomic mass is 10.1. The molecule has 0 saturated heterocycles. The van der Waals surface area contributed by atoms with Crippen LogP contribution < -0.4 is 9.64 Å². The number of aryl methyl sites for hydroxylation is 2. The summed E-state index contributed by atoms with van der Waals surface area (Å²) in [6.07, 6.45) is 2.20. The first-order valence-corrected chi connectivity index (χ1v) is 12.0. The van der Waals surface area contributed by atoms with E-state index in [-0.39, 0.29) is 0 Å². The van der Waals surface area contributed by atoms with Crippen LogP contribution in [0.15, 0.2) is 54.6 Å². The minimum atomic E-state index is 0.562. The fourth-order valence-corrected chi connectivity index (χ4v) is 4.47. The van der Waals surface area contributed by atoms with Crippen LogP contribution in [0.25, 0.3) is 22.3 Å². The predicted molar refractivity (Wildman–Crippen MR) is 138 cm³/mol. The average molecular weight is 483 g/mol. The molecular weight excluding hydrogens is 455 g/mol. The summed E-state index contributed by atoms with van der Waals surface area (Å²) in [5, 5.41) is 5.97. The monoisotopic (exact) mass is 482 g/mol. The minimum Gasteiger partial charge on any atom is -0.492 e. The number of rotatable bonds is 9. The van der Waals surface area contributed by atoms with Crippen molar-refractivity contribution in [3.8, 4) is 17.0 Å². The number of anilines is 1. The third kappa shape index (κ3) is 5.26. The molecule has 0 fully saturated rings. The smallest absolute Gasteiger partial charge is 0.120 e. The van der Waals surface area contributed by atoms with Gasteiger partial charge in [-0.3, -0.25) is 4.68 Å². The molecule has 4 aromatic rings. The van der Waals surface area contributed by atoms with Crippen LogP contribution in [0.4, 0.5) is 5.69 Å². The summed E-state index contributed by atoms with van der Waals surface area (Å²) in [6.45, 7) is 6.49. The highest BCUT2D eigenvalue weighted by Crippen LogP contribution is 2.37. The van der Waals surface area contributed by atoms with Gasteiger partial charge in [-0.15, -0.1) is 0 Å². The zero-order valence-corrected chi connectivity index (χ0v) is 20.7. The van der Waals surface area contributed by atoms with E-state index in [0.29, 0.717) is 16.7 Å². The van der Waals surface area contributed by atoms with Crippen LogP contribution in [-0.2, 0) is 7.05 Å². The van der Waals surface area contributed by atoms with Gasteiger partial charge < -0.3 is 9.64 Å². The number of hydrogen-bond acceptors (Lipinski definition) is 4. The Morgan fingerprint density at radius 3 is 2.55 bits per heavy atom. The van der Waals surface area contributed by atoms with Crippen LogP contribution in [0.2, 0.25) is 10.0 Å². The summed E-state index contributed by atoms with van der Waals surface area (Å²) in [7, 11) is 1.95. The van der Waals surface area contributed by atoms with Crippen molar-refractivity contribution in [2.45, 2.75) is 26.7 Å². The molecular formula is C26H28Cl2N4O. The van der Waals surface area contributed by atoms with Crippen LogP contribution in [0.5, 0.6) is 5.75 Å². The highest BCUT2D eigenvalue weighted by Gasteiger charge is 2.21. The zero-order valence-electron chi connectivity index (χ0n) is 19.2. The van der Waals surface area contributed by atoms with Crippen molar-refractivity contribution >= 4 is 39.9 Å². The van der Waals surface area contributed by atoms with Gasteiger partial charge in [-0.05, 0) is 49.7 Å². The molecule has 2 aromatic heterocycles. The van der Waals surface area contributed by atoms with E-state index in [1.165, 1.54) is 0 Å². The lowest BCUT2D eigenvalue weighted by Gasteiger charge is -2.26. The van der Waals surface area contributed by atoms with Crippen molar-refractivity contribution in [1.29, 1.82) is 0 Å². The maximum absolute atomic E-state index is 6.52. The quantitative estimate of drug-likeness (QED) is 0.259. The molecule has 0 unspecified atom stereocenters. The van der Waals surface area contributed by atoms with Gasteiger partial charge >= 0.3 is 0 Å². The number of benzene rings is 2. The number of pyridine rings is 1. The molecule has 0 amide bonds. The Hall–Kier alpha value is -2.76. The van der Waals surface area contributed by atoms with E-state index < -0.39 is 0 Å². The second-order valence-electron chi connectivity index (χ2n) is 8.08. The molecule has 0 aliphatic rings. The number of unbranched alkanes of at least 4 members (excludes halogenated alkanes) is 1. The van der Waals surface area contributed by atoms with Crippen molar-refractivity contribution in [1.82, 2.24) is 14.8 Å². The Morgan fingerprint density at radius 1 is 1.03 bits per heavy atom. The van der Waals surface area contributed by atoms with Crippen molar-refractivity contribution < 1.29 is 4.74 Å². The molecule has 5 nitrogen and oxygen atoms in total. The molecule has 0 spiro atoms. The number of para-hydroxylation sites is 1. The standard InChI is InChI=1S/C26H28Cl2N4O/c1-4-5-13-32(14-15-33-20-9-7-6-8-10-20)23-16-18(2)29-25-24(30-31(3)26(23)25)21-12-11-19(27)17-22(21)28/h6-12,16-17H,4-5,13-15H2,1-3H3. The number of ether oxygens (including phenoxy) is 1. The topological polar surface area (TPSA) is 43.2 Å². The second kappa shape index (κ2) is 10.4. The molecule has 7 heteroatoms. The minimum absolute atomic E-state index is 0.562. The van der Waals surface area contributed by atoms with Crippen LogP contribution >= 0.6 is 23.2 Å². The summed E-state index contributed by atoms with van der Waals surface area (Å²) in [5.74, 6) is 0.879. The van der Waals surface area contributed by atoms with E-state index in [1.54, 1.807) is 6.07 Å². The normalized spacial score (nSPS) is 11.2. The second-order valence-corrected chi connectivity index (χ2v) is 8.92. The highest BCUT2D eigenvalue weighted by molar-refractivity contribution is 6.36. The SMILES string of the molecule is CCCCN(CCOc1ccccc1)c1cc(C)nc2c(-c3ccc(Cl)cc3Cl)nn(C)c12. The van der Waals surface area contributed by atoms with E-state index in [0.717, 1.165) is 65.4 Å². The molecule has 0 aliphatic carbocycles. The number of halogens is 2. The van der Waals surface area contributed by atoms with Gasteiger partial charge in [0.1, 0.15) is 29.1 Å². The Balaban J connectivity index is 1.73. The summed E-state index contributed by atoms with van der Waals surface area (Å²) in [4.78, 5) is 7.23.